The Labute approximate surface area is 82.3 Å². The summed E-state index contributed by atoms with van der Waals surface area (Å²) in [6.07, 6.45) is 2.33. The second-order valence-electron chi connectivity index (χ2n) is 3.37. The second-order valence-corrected chi connectivity index (χ2v) is 3.37. The van der Waals surface area contributed by atoms with Crippen molar-refractivity contribution in [2.75, 3.05) is 18.0 Å². The van der Waals surface area contributed by atoms with Gasteiger partial charge in [-0.05, 0) is 18.9 Å². The van der Waals surface area contributed by atoms with Crippen molar-refractivity contribution in [1.29, 1.82) is 0 Å². The first-order valence-corrected chi connectivity index (χ1v) is 4.69. The Balaban J connectivity index is 2.25. The standard InChI is InChI=1S/C10H11N2O2/c13-12(14)10-5-3-4-9(8-10)11-6-1-2-7-11/h3-5H,1-2,6-7H2. The Morgan fingerprint density at radius 3 is 2.71 bits per heavy atom. The largest absolute Gasteiger partial charge is 0.371 e. The van der Waals surface area contributed by atoms with Gasteiger partial charge >= 0.3 is 0 Å². The number of benzene rings is 1. The van der Waals surface area contributed by atoms with Gasteiger partial charge in [0, 0.05) is 19.2 Å². The van der Waals surface area contributed by atoms with Crippen LogP contribution in [0, 0.1) is 16.2 Å². The minimum Gasteiger partial charge on any atom is -0.371 e. The molecule has 1 aromatic carbocycles. The van der Waals surface area contributed by atoms with Crippen LogP contribution in [0.3, 0.4) is 0 Å². The highest BCUT2D eigenvalue weighted by molar-refractivity contribution is 5.52. The number of hydrogen-bond acceptors (Lipinski definition) is 3. The molecule has 0 amide bonds. The van der Waals surface area contributed by atoms with Crippen molar-refractivity contribution in [2.24, 2.45) is 0 Å². The van der Waals surface area contributed by atoms with Crippen LogP contribution in [0.25, 0.3) is 0 Å². The Hall–Kier alpha value is -1.58. The summed E-state index contributed by atoms with van der Waals surface area (Å²) in [6, 6.07) is 7.87. The number of nitro groups is 1. The van der Waals surface area contributed by atoms with Crippen molar-refractivity contribution in [3.8, 4) is 0 Å². The minimum atomic E-state index is -0.403. The molecule has 1 aliphatic heterocycles. The number of nitrogens with zero attached hydrogens (tertiary/aromatic N) is 2. The van der Waals surface area contributed by atoms with Crippen molar-refractivity contribution in [3.05, 3.63) is 34.4 Å². The summed E-state index contributed by atoms with van der Waals surface area (Å²) < 4.78 is 0. The summed E-state index contributed by atoms with van der Waals surface area (Å²) in [5.74, 6) is 0. The lowest BCUT2D eigenvalue weighted by atomic mass is 10.2. The molecule has 0 saturated carbocycles. The maximum absolute atomic E-state index is 10.5. The first-order chi connectivity index (χ1) is 6.77. The van der Waals surface area contributed by atoms with Crippen LogP contribution < -0.4 is 4.90 Å². The third-order valence-corrected chi connectivity index (χ3v) is 2.41. The topological polar surface area (TPSA) is 46.4 Å². The number of rotatable bonds is 2. The zero-order valence-corrected chi connectivity index (χ0v) is 7.77. The third kappa shape index (κ3) is 1.69. The van der Waals surface area contributed by atoms with Crippen LogP contribution in [-0.4, -0.2) is 18.0 Å². The van der Waals surface area contributed by atoms with Crippen molar-refractivity contribution in [3.63, 3.8) is 0 Å². The van der Waals surface area contributed by atoms with E-state index in [4.69, 9.17) is 0 Å². The van der Waals surface area contributed by atoms with Gasteiger partial charge in [0.25, 0.3) is 5.69 Å². The van der Waals surface area contributed by atoms with Crippen LogP contribution in [-0.2, 0) is 0 Å². The predicted molar refractivity (Wildman–Crippen MR) is 53.4 cm³/mol. The highest BCUT2D eigenvalue weighted by Gasteiger charge is 2.15. The summed E-state index contributed by atoms with van der Waals surface area (Å²) in [5, 5.41) is 10.5. The highest BCUT2D eigenvalue weighted by Crippen LogP contribution is 2.23. The first-order valence-electron chi connectivity index (χ1n) is 4.69. The molecule has 0 unspecified atom stereocenters. The molecule has 4 heteroatoms. The lowest BCUT2D eigenvalue weighted by Crippen LogP contribution is -2.17. The number of anilines is 1. The van der Waals surface area contributed by atoms with E-state index in [1.807, 2.05) is 6.07 Å². The predicted octanol–water partition coefficient (Wildman–Crippen LogP) is 2.00. The molecule has 0 bridgehead atoms. The van der Waals surface area contributed by atoms with Gasteiger partial charge in [0.15, 0.2) is 0 Å². The van der Waals surface area contributed by atoms with Crippen LogP contribution in [0.15, 0.2) is 18.2 Å². The molecule has 0 aliphatic carbocycles. The molecular weight excluding hydrogens is 180 g/mol. The van der Waals surface area contributed by atoms with E-state index < -0.39 is 4.92 Å². The smallest absolute Gasteiger partial charge is 0.279 e. The van der Waals surface area contributed by atoms with Crippen molar-refractivity contribution in [2.45, 2.75) is 12.8 Å². The summed E-state index contributed by atoms with van der Waals surface area (Å²) >= 11 is 0. The first kappa shape index (κ1) is 8.99. The van der Waals surface area contributed by atoms with Gasteiger partial charge in [0.2, 0.25) is 0 Å². The molecule has 1 saturated heterocycles. The van der Waals surface area contributed by atoms with E-state index in [0.29, 0.717) is 0 Å². The van der Waals surface area contributed by atoms with Gasteiger partial charge < -0.3 is 4.90 Å². The molecule has 0 N–H and O–H groups in total. The molecule has 1 aromatic rings. The van der Waals surface area contributed by atoms with Gasteiger partial charge in [-0.2, -0.15) is 0 Å². The second kappa shape index (κ2) is 3.65. The monoisotopic (exact) mass is 191 g/mol. The molecule has 1 fully saturated rings. The SMILES string of the molecule is O=[N+]([O-])c1[c]c(N2CCCC2)ccc1. The lowest BCUT2D eigenvalue weighted by Gasteiger charge is -2.16. The Morgan fingerprint density at radius 2 is 2.07 bits per heavy atom. The van der Waals surface area contributed by atoms with Crippen LogP contribution in [0.5, 0.6) is 0 Å². The van der Waals surface area contributed by atoms with Gasteiger partial charge in [-0.1, -0.05) is 6.07 Å². The molecule has 73 valence electrons. The van der Waals surface area contributed by atoms with E-state index in [1.165, 1.54) is 6.07 Å². The normalized spacial score (nSPS) is 15.9. The van der Waals surface area contributed by atoms with E-state index >= 15 is 0 Å². The molecule has 0 atom stereocenters. The maximum Gasteiger partial charge on any atom is 0.279 e. The van der Waals surface area contributed by atoms with Crippen molar-refractivity contribution < 1.29 is 4.92 Å². The average Bonchev–Trinajstić information content (AvgIpc) is 2.71. The summed E-state index contributed by atoms with van der Waals surface area (Å²) in [5.41, 5.74) is 0.895. The Morgan fingerprint density at radius 1 is 1.36 bits per heavy atom. The van der Waals surface area contributed by atoms with Gasteiger partial charge in [0.05, 0.1) is 16.7 Å². The fourth-order valence-corrected chi connectivity index (χ4v) is 1.69. The fourth-order valence-electron chi connectivity index (χ4n) is 1.69. The molecule has 14 heavy (non-hydrogen) atoms. The molecule has 0 aromatic heterocycles. The fraction of sp³-hybridized carbons (Fsp3) is 0.400. The Kier molecular flexibility index (Phi) is 2.35. The maximum atomic E-state index is 10.5. The lowest BCUT2D eigenvalue weighted by molar-refractivity contribution is -0.385. The summed E-state index contributed by atoms with van der Waals surface area (Å²) in [7, 11) is 0. The molecular formula is C10H11N2O2. The Bertz CT molecular complexity index is 346. The van der Waals surface area contributed by atoms with Crippen LogP contribution in [0.4, 0.5) is 11.4 Å². The van der Waals surface area contributed by atoms with E-state index in [-0.39, 0.29) is 5.69 Å². The van der Waals surface area contributed by atoms with Gasteiger partial charge in [-0.15, -0.1) is 0 Å². The van der Waals surface area contributed by atoms with Crippen LogP contribution in [0.2, 0.25) is 0 Å². The molecule has 1 radical (unpaired) electrons. The summed E-state index contributed by atoms with van der Waals surface area (Å²) in [6.45, 7) is 1.97. The molecule has 2 rings (SSSR count). The zero-order valence-electron chi connectivity index (χ0n) is 7.77. The quantitative estimate of drug-likeness (QED) is 0.530. The third-order valence-electron chi connectivity index (χ3n) is 2.41. The zero-order chi connectivity index (χ0) is 9.97. The number of nitro benzene ring substituents is 1. The van der Waals surface area contributed by atoms with E-state index in [9.17, 15) is 10.1 Å². The summed E-state index contributed by atoms with van der Waals surface area (Å²) in [4.78, 5) is 12.3. The van der Waals surface area contributed by atoms with Gasteiger partial charge in [-0.25, -0.2) is 0 Å². The highest BCUT2D eigenvalue weighted by atomic mass is 16.6. The average molecular weight is 191 g/mol. The van der Waals surface area contributed by atoms with E-state index in [2.05, 4.69) is 11.0 Å². The van der Waals surface area contributed by atoms with E-state index in [1.54, 1.807) is 6.07 Å². The molecule has 4 nitrogen and oxygen atoms in total. The molecule has 1 aliphatic rings. The number of hydrogen-bond donors (Lipinski definition) is 0. The van der Waals surface area contributed by atoms with Crippen molar-refractivity contribution >= 4 is 11.4 Å². The molecule has 1 heterocycles. The van der Waals surface area contributed by atoms with Crippen LogP contribution in [0.1, 0.15) is 12.8 Å². The molecule has 0 spiro atoms. The van der Waals surface area contributed by atoms with Crippen molar-refractivity contribution in [1.82, 2.24) is 0 Å². The van der Waals surface area contributed by atoms with Gasteiger partial charge in [0.1, 0.15) is 0 Å². The minimum absolute atomic E-state index is 0.0504. The van der Waals surface area contributed by atoms with Gasteiger partial charge in [-0.3, -0.25) is 10.1 Å². The van der Waals surface area contributed by atoms with Crippen LogP contribution >= 0.6 is 0 Å². The van der Waals surface area contributed by atoms with E-state index in [0.717, 1.165) is 31.6 Å². The number of non-ortho nitro benzene ring substituents is 1.